The number of ketones is 1. The number of hydrogen-bond acceptors (Lipinski definition) is 7. The van der Waals surface area contributed by atoms with Crippen molar-refractivity contribution < 1.29 is 14.3 Å². The number of hydrogen-bond donors (Lipinski definition) is 2. The van der Waals surface area contributed by atoms with E-state index in [4.69, 9.17) is 30.0 Å². The minimum atomic E-state index is -0.0660. The van der Waals surface area contributed by atoms with E-state index in [-0.39, 0.29) is 5.97 Å². The molecule has 20 atom stereocenters. The average Bonchev–Trinajstić information content (AvgIpc) is 3.85. The molecule has 0 N–H and O–H groups in total. The zero-order valence-corrected chi connectivity index (χ0v) is 30.9. The second-order valence-electron chi connectivity index (χ2n) is 18.3. The SMILES string of the molecule is O=C(CCCOC(=O)CCSC1CC2C(C1)C1CC2C2C3CC(S)C(C3)C12)CCSC1CC2CC1C1C3CC(C4CC(S)CC43)C21. The summed E-state index contributed by atoms with van der Waals surface area (Å²) >= 11 is 14.1. The van der Waals surface area contributed by atoms with Gasteiger partial charge in [0, 0.05) is 45.3 Å². The number of rotatable bonds is 12. The fourth-order valence-corrected chi connectivity index (χ4v) is 20.1. The summed E-state index contributed by atoms with van der Waals surface area (Å²) in [6.45, 7) is 0.407. The van der Waals surface area contributed by atoms with Crippen LogP contribution < -0.4 is 0 Å². The Labute approximate surface area is 297 Å². The van der Waals surface area contributed by atoms with Crippen LogP contribution in [0.5, 0.6) is 0 Å². The number of ether oxygens (including phenoxy) is 1. The van der Waals surface area contributed by atoms with Gasteiger partial charge in [-0.05, 0) is 165 Å². The Morgan fingerprint density at radius 2 is 1.17 bits per heavy atom. The first-order valence-electron chi connectivity index (χ1n) is 19.7. The summed E-state index contributed by atoms with van der Waals surface area (Å²) in [5, 5.41) is 2.91. The van der Waals surface area contributed by atoms with Gasteiger partial charge in [0.2, 0.25) is 0 Å². The lowest BCUT2D eigenvalue weighted by molar-refractivity contribution is -0.143. The summed E-state index contributed by atoms with van der Waals surface area (Å²) in [5.74, 6) is 18.1. The van der Waals surface area contributed by atoms with Gasteiger partial charge in [-0.1, -0.05) is 0 Å². The molecule has 0 aliphatic heterocycles. The van der Waals surface area contributed by atoms with Crippen molar-refractivity contribution in [3.63, 3.8) is 0 Å². The molecule has 0 aromatic rings. The number of esters is 1. The van der Waals surface area contributed by atoms with Crippen LogP contribution in [0.4, 0.5) is 0 Å². The van der Waals surface area contributed by atoms with E-state index in [1.807, 2.05) is 0 Å². The molecular weight excluding hydrogens is 645 g/mol. The third-order valence-corrected chi connectivity index (χ3v) is 20.6. The molecule has 0 aromatic heterocycles. The van der Waals surface area contributed by atoms with Gasteiger partial charge in [0.1, 0.15) is 5.78 Å². The lowest BCUT2D eigenvalue weighted by atomic mass is 9.64. The average molecular weight is 701 g/mol. The molecule has 0 amide bonds. The van der Waals surface area contributed by atoms with Crippen molar-refractivity contribution in [2.45, 2.75) is 111 Å². The molecule has 3 nitrogen and oxygen atoms in total. The molecule has 0 saturated heterocycles. The van der Waals surface area contributed by atoms with Crippen LogP contribution in [0.15, 0.2) is 0 Å². The van der Waals surface area contributed by atoms with Crippen molar-refractivity contribution in [1.29, 1.82) is 0 Å². The van der Waals surface area contributed by atoms with E-state index in [0.29, 0.717) is 48.6 Å². The molecule has 254 valence electrons. The third kappa shape index (κ3) is 4.88. The summed E-state index contributed by atoms with van der Waals surface area (Å²) < 4.78 is 5.56. The highest BCUT2D eigenvalue weighted by Gasteiger charge is 2.69. The summed E-state index contributed by atoms with van der Waals surface area (Å²) in [7, 11) is 0. The van der Waals surface area contributed by atoms with Crippen molar-refractivity contribution in [2.75, 3.05) is 18.1 Å². The summed E-state index contributed by atoms with van der Waals surface area (Å²) in [5.41, 5.74) is 0. The fourth-order valence-electron chi connectivity index (χ4n) is 16.1. The molecule has 10 saturated carbocycles. The molecular formula is C39H56O3S4. The quantitative estimate of drug-likeness (QED) is 0.0928. The zero-order valence-electron chi connectivity index (χ0n) is 27.5. The van der Waals surface area contributed by atoms with Crippen molar-refractivity contribution in [2.24, 2.45) is 94.7 Å². The van der Waals surface area contributed by atoms with Gasteiger partial charge in [-0.15, -0.1) is 0 Å². The van der Waals surface area contributed by atoms with E-state index in [1.165, 1.54) is 57.8 Å². The predicted octanol–water partition coefficient (Wildman–Crippen LogP) is 8.36. The van der Waals surface area contributed by atoms with Crippen LogP contribution in [0.3, 0.4) is 0 Å². The minimum absolute atomic E-state index is 0.0660. The monoisotopic (exact) mass is 700 g/mol. The Kier molecular flexibility index (Phi) is 8.21. The maximum atomic E-state index is 12.7. The van der Waals surface area contributed by atoms with E-state index in [2.05, 4.69) is 23.5 Å². The van der Waals surface area contributed by atoms with Gasteiger partial charge >= 0.3 is 5.97 Å². The first kappa shape index (κ1) is 31.3. The Bertz CT molecular complexity index is 1230. The van der Waals surface area contributed by atoms with E-state index < -0.39 is 0 Å². The molecule has 20 unspecified atom stereocenters. The number of fused-ring (bicyclic) bond motifs is 24. The van der Waals surface area contributed by atoms with Crippen LogP contribution >= 0.6 is 48.8 Å². The van der Waals surface area contributed by atoms with E-state index in [1.54, 1.807) is 6.42 Å². The number of carbonyl (C=O) groups is 2. The third-order valence-electron chi connectivity index (χ3n) is 16.9. The molecule has 0 radical (unpaired) electrons. The number of Topliss-reactive ketones (excluding diaryl/α,β-unsaturated/α-hetero) is 1. The Balaban J connectivity index is 0.598. The standard InChI is InChI=1S/C39H56O3S4/c40-20(3-6-46-34-11-19-9-32(34)39-29-16-27(37(19)39)23-12-21(43)13-24(23)29)2-1-5-42-35(41)4-7-45-22-14-25-26(15-22)30-17-28(25)36-18-8-31(38(30)36)33(44)10-18/h18-19,21-34,36-39,43-44H,1-17H2. The van der Waals surface area contributed by atoms with Crippen LogP contribution in [-0.4, -0.2) is 50.9 Å². The molecule has 10 aliphatic rings. The lowest BCUT2D eigenvalue weighted by Gasteiger charge is -2.43. The highest BCUT2D eigenvalue weighted by atomic mass is 32.2. The summed E-state index contributed by atoms with van der Waals surface area (Å²) in [6, 6.07) is 0. The molecule has 10 fully saturated rings. The Morgan fingerprint density at radius 3 is 1.91 bits per heavy atom. The first-order chi connectivity index (χ1) is 22.4. The smallest absolute Gasteiger partial charge is 0.306 e. The van der Waals surface area contributed by atoms with E-state index in [0.717, 1.165) is 117 Å². The van der Waals surface area contributed by atoms with Crippen molar-refractivity contribution >= 4 is 60.5 Å². The topological polar surface area (TPSA) is 43.4 Å². The Hall–Kier alpha value is 0.540. The van der Waals surface area contributed by atoms with Gasteiger partial charge < -0.3 is 4.74 Å². The largest absolute Gasteiger partial charge is 0.466 e. The van der Waals surface area contributed by atoms with Crippen LogP contribution in [-0.2, 0) is 14.3 Å². The van der Waals surface area contributed by atoms with Gasteiger partial charge in [-0.2, -0.15) is 48.8 Å². The number of carbonyl (C=O) groups excluding carboxylic acids is 2. The summed E-state index contributed by atoms with van der Waals surface area (Å²) in [4.78, 5) is 25.1. The normalized spacial score (nSPS) is 55.7. The molecule has 8 bridgehead atoms. The van der Waals surface area contributed by atoms with Crippen LogP contribution in [0.25, 0.3) is 0 Å². The van der Waals surface area contributed by atoms with Crippen molar-refractivity contribution in [3.8, 4) is 0 Å². The highest BCUT2D eigenvalue weighted by molar-refractivity contribution is 8.00. The molecule has 0 heterocycles. The molecule has 0 spiro atoms. The number of thioether (sulfide) groups is 2. The lowest BCUT2D eigenvalue weighted by Crippen LogP contribution is -2.39. The van der Waals surface area contributed by atoms with Crippen LogP contribution in [0, 0.1) is 94.7 Å². The second-order valence-corrected chi connectivity index (χ2v) is 22.5. The molecule has 7 heteroatoms. The van der Waals surface area contributed by atoms with Crippen LogP contribution in [0.2, 0.25) is 0 Å². The zero-order chi connectivity index (χ0) is 30.8. The number of thiol groups is 2. The first-order valence-corrected chi connectivity index (χ1v) is 22.8. The van der Waals surface area contributed by atoms with Crippen molar-refractivity contribution in [1.82, 2.24) is 0 Å². The Morgan fingerprint density at radius 1 is 0.565 bits per heavy atom. The van der Waals surface area contributed by atoms with E-state index in [9.17, 15) is 9.59 Å². The maximum absolute atomic E-state index is 12.7. The molecule has 10 rings (SSSR count). The van der Waals surface area contributed by atoms with Gasteiger partial charge in [-0.3, -0.25) is 9.59 Å². The van der Waals surface area contributed by atoms with Gasteiger partial charge in [-0.25, -0.2) is 0 Å². The van der Waals surface area contributed by atoms with E-state index >= 15 is 0 Å². The minimum Gasteiger partial charge on any atom is -0.466 e. The van der Waals surface area contributed by atoms with Crippen molar-refractivity contribution in [3.05, 3.63) is 0 Å². The molecule has 10 aliphatic carbocycles. The fraction of sp³-hybridized carbons (Fsp3) is 0.949. The predicted molar refractivity (Wildman–Crippen MR) is 194 cm³/mol. The molecule has 0 aromatic carbocycles. The maximum Gasteiger partial charge on any atom is 0.306 e. The van der Waals surface area contributed by atoms with Crippen LogP contribution in [0.1, 0.15) is 89.9 Å². The second kappa shape index (κ2) is 12.1. The molecule has 46 heavy (non-hydrogen) atoms. The van der Waals surface area contributed by atoms with Gasteiger partial charge in [0.15, 0.2) is 0 Å². The van der Waals surface area contributed by atoms with Gasteiger partial charge in [0.25, 0.3) is 0 Å². The highest BCUT2D eigenvalue weighted by Crippen LogP contribution is 2.75. The summed E-state index contributed by atoms with van der Waals surface area (Å²) in [6.07, 6.45) is 16.9. The van der Waals surface area contributed by atoms with Gasteiger partial charge in [0.05, 0.1) is 13.0 Å².